The van der Waals surface area contributed by atoms with Crippen molar-refractivity contribution in [3.8, 4) is 0 Å². The molecule has 2 heteroatoms. The highest BCUT2D eigenvalue weighted by molar-refractivity contribution is 5.77. The second-order valence-electron chi connectivity index (χ2n) is 7.31. The molecule has 0 aromatic heterocycles. The van der Waals surface area contributed by atoms with E-state index in [4.69, 9.17) is 0 Å². The van der Waals surface area contributed by atoms with Gasteiger partial charge in [0.1, 0.15) is 0 Å². The molecule has 3 rings (SSSR count). The first-order valence-electron chi connectivity index (χ1n) is 11.0. The van der Waals surface area contributed by atoms with Crippen LogP contribution >= 0.6 is 0 Å². The normalized spacial score (nSPS) is 10.9. The van der Waals surface area contributed by atoms with Crippen LogP contribution in [0.25, 0.3) is 0 Å². The Labute approximate surface area is 176 Å². The fourth-order valence-electron chi connectivity index (χ4n) is 4.33. The first-order valence-corrected chi connectivity index (χ1v) is 11.0. The van der Waals surface area contributed by atoms with Crippen LogP contribution in [-0.4, -0.2) is 26.2 Å². The van der Waals surface area contributed by atoms with Gasteiger partial charge in [0.15, 0.2) is 0 Å². The molecule has 2 nitrogen and oxygen atoms in total. The van der Waals surface area contributed by atoms with Crippen LogP contribution in [0.1, 0.15) is 50.3 Å². The summed E-state index contributed by atoms with van der Waals surface area (Å²) in [6, 6.07) is 28.7. The third-order valence-corrected chi connectivity index (χ3v) is 5.81. The van der Waals surface area contributed by atoms with E-state index in [1.807, 2.05) is 0 Å². The topological polar surface area (TPSA) is 6.48 Å². The van der Waals surface area contributed by atoms with Crippen molar-refractivity contribution in [1.82, 2.24) is 0 Å². The molecule has 0 aliphatic rings. The van der Waals surface area contributed by atoms with Gasteiger partial charge in [0.25, 0.3) is 0 Å². The average Bonchev–Trinajstić information content (AvgIpc) is 2.78. The third kappa shape index (κ3) is 4.48. The molecule has 0 N–H and O–H groups in total. The fraction of sp³-hybridized carbons (Fsp3) is 0.333. The van der Waals surface area contributed by atoms with Crippen LogP contribution in [0.3, 0.4) is 0 Å². The maximum Gasteiger partial charge on any atom is 0.0646 e. The van der Waals surface area contributed by atoms with E-state index in [0.29, 0.717) is 0 Å². The number of anilines is 2. The van der Waals surface area contributed by atoms with Gasteiger partial charge in [-0.25, -0.2) is 0 Å². The SMILES string of the molecule is CCN(CC)c1cccc(C(c2ccccc2)c2ccccc2)c1N(CC)CC. The second-order valence-corrected chi connectivity index (χ2v) is 7.31. The van der Waals surface area contributed by atoms with Crippen LogP contribution in [0.15, 0.2) is 78.9 Å². The lowest BCUT2D eigenvalue weighted by Gasteiger charge is -2.34. The summed E-state index contributed by atoms with van der Waals surface area (Å²) in [4.78, 5) is 4.99. The number of rotatable bonds is 9. The van der Waals surface area contributed by atoms with Gasteiger partial charge in [0, 0.05) is 32.1 Å². The molecule has 3 aromatic rings. The summed E-state index contributed by atoms with van der Waals surface area (Å²) >= 11 is 0. The summed E-state index contributed by atoms with van der Waals surface area (Å²) in [6.07, 6.45) is 0. The van der Waals surface area contributed by atoms with Gasteiger partial charge in [-0.3, -0.25) is 0 Å². The lowest BCUT2D eigenvalue weighted by Crippen LogP contribution is -2.29. The molecule has 0 amide bonds. The van der Waals surface area contributed by atoms with Crippen molar-refractivity contribution in [3.63, 3.8) is 0 Å². The van der Waals surface area contributed by atoms with E-state index in [2.05, 4.69) is 116 Å². The molecule has 0 aliphatic carbocycles. The monoisotopic (exact) mass is 386 g/mol. The lowest BCUT2D eigenvalue weighted by molar-refractivity contribution is 0.819. The quantitative estimate of drug-likeness (QED) is 0.384. The van der Waals surface area contributed by atoms with E-state index in [1.54, 1.807) is 0 Å². The Morgan fingerprint density at radius 1 is 0.552 bits per heavy atom. The molecule has 0 atom stereocenters. The summed E-state index contributed by atoms with van der Waals surface area (Å²) in [5, 5.41) is 0. The Bertz CT molecular complexity index is 826. The van der Waals surface area contributed by atoms with Gasteiger partial charge in [-0.2, -0.15) is 0 Å². The molecule has 29 heavy (non-hydrogen) atoms. The van der Waals surface area contributed by atoms with Gasteiger partial charge in [-0.05, 0) is 50.5 Å². The predicted molar refractivity (Wildman–Crippen MR) is 127 cm³/mol. The molecule has 0 aliphatic heterocycles. The molecular weight excluding hydrogens is 352 g/mol. The Hall–Kier alpha value is -2.74. The number of hydrogen-bond acceptors (Lipinski definition) is 2. The van der Waals surface area contributed by atoms with Crippen LogP contribution in [0.5, 0.6) is 0 Å². The molecule has 0 unspecified atom stereocenters. The van der Waals surface area contributed by atoms with E-state index in [0.717, 1.165) is 26.2 Å². The van der Waals surface area contributed by atoms with Crippen LogP contribution in [-0.2, 0) is 0 Å². The zero-order valence-corrected chi connectivity index (χ0v) is 18.3. The average molecular weight is 387 g/mol. The Morgan fingerprint density at radius 2 is 1.03 bits per heavy atom. The van der Waals surface area contributed by atoms with Crippen molar-refractivity contribution in [1.29, 1.82) is 0 Å². The first-order chi connectivity index (χ1) is 14.2. The van der Waals surface area contributed by atoms with Gasteiger partial charge < -0.3 is 9.80 Å². The highest BCUT2D eigenvalue weighted by Gasteiger charge is 2.25. The molecule has 0 radical (unpaired) electrons. The smallest absolute Gasteiger partial charge is 0.0646 e. The largest absolute Gasteiger partial charge is 0.370 e. The van der Waals surface area contributed by atoms with Crippen molar-refractivity contribution in [2.75, 3.05) is 36.0 Å². The number of nitrogens with zero attached hydrogens (tertiary/aromatic N) is 2. The van der Waals surface area contributed by atoms with Crippen molar-refractivity contribution >= 4 is 11.4 Å². The van der Waals surface area contributed by atoms with Crippen molar-refractivity contribution < 1.29 is 0 Å². The maximum atomic E-state index is 2.52. The molecule has 0 heterocycles. The second kappa shape index (κ2) is 10.2. The minimum atomic E-state index is 0.212. The molecular formula is C27H34N2. The highest BCUT2D eigenvalue weighted by Crippen LogP contribution is 2.42. The number of benzene rings is 3. The van der Waals surface area contributed by atoms with Crippen molar-refractivity contribution in [3.05, 3.63) is 95.6 Å². The zero-order valence-electron chi connectivity index (χ0n) is 18.3. The molecule has 0 saturated carbocycles. The minimum absolute atomic E-state index is 0.212. The van der Waals surface area contributed by atoms with E-state index < -0.39 is 0 Å². The molecule has 152 valence electrons. The number of hydrogen-bond donors (Lipinski definition) is 0. The van der Waals surface area contributed by atoms with E-state index in [1.165, 1.54) is 28.1 Å². The molecule has 0 bridgehead atoms. The van der Waals surface area contributed by atoms with Gasteiger partial charge in [0.2, 0.25) is 0 Å². The van der Waals surface area contributed by atoms with E-state index in [-0.39, 0.29) is 5.92 Å². The third-order valence-electron chi connectivity index (χ3n) is 5.81. The zero-order chi connectivity index (χ0) is 20.6. The first kappa shape index (κ1) is 21.0. The van der Waals surface area contributed by atoms with Gasteiger partial charge in [-0.15, -0.1) is 0 Å². The summed E-state index contributed by atoms with van der Waals surface area (Å²) in [7, 11) is 0. The van der Waals surface area contributed by atoms with E-state index >= 15 is 0 Å². The van der Waals surface area contributed by atoms with Gasteiger partial charge >= 0.3 is 0 Å². The minimum Gasteiger partial charge on any atom is -0.370 e. The van der Waals surface area contributed by atoms with Crippen LogP contribution < -0.4 is 9.80 Å². The summed E-state index contributed by atoms with van der Waals surface area (Å²) in [6.45, 7) is 13.0. The maximum absolute atomic E-state index is 2.52. The summed E-state index contributed by atoms with van der Waals surface area (Å²) in [5.41, 5.74) is 6.77. The number of para-hydroxylation sites is 1. The molecule has 3 aromatic carbocycles. The van der Waals surface area contributed by atoms with Gasteiger partial charge in [0.05, 0.1) is 11.4 Å². The fourth-order valence-corrected chi connectivity index (χ4v) is 4.33. The van der Waals surface area contributed by atoms with Crippen LogP contribution in [0, 0.1) is 0 Å². The summed E-state index contributed by atoms with van der Waals surface area (Å²) in [5.74, 6) is 0.212. The molecule has 0 fully saturated rings. The van der Waals surface area contributed by atoms with Gasteiger partial charge in [-0.1, -0.05) is 72.8 Å². The Kier molecular flexibility index (Phi) is 7.35. The molecule has 0 saturated heterocycles. The Balaban J connectivity index is 2.29. The predicted octanol–water partition coefficient (Wildman–Crippen LogP) is 6.56. The van der Waals surface area contributed by atoms with Crippen molar-refractivity contribution in [2.45, 2.75) is 33.6 Å². The molecule has 0 spiro atoms. The lowest BCUT2D eigenvalue weighted by atomic mass is 9.83. The van der Waals surface area contributed by atoms with Crippen molar-refractivity contribution in [2.24, 2.45) is 0 Å². The van der Waals surface area contributed by atoms with E-state index in [9.17, 15) is 0 Å². The van der Waals surface area contributed by atoms with Crippen LogP contribution in [0.2, 0.25) is 0 Å². The standard InChI is InChI=1S/C27H34N2/c1-5-28(6-2)25-21-15-20-24(27(25)29(7-3)8-4)26(22-16-11-9-12-17-22)23-18-13-10-14-19-23/h9-21,26H,5-8H2,1-4H3. The Morgan fingerprint density at radius 3 is 1.48 bits per heavy atom. The summed E-state index contributed by atoms with van der Waals surface area (Å²) < 4.78 is 0. The van der Waals surface area contributed by atoms with Crippen LogP contribution in [0.4, 0.5) is 11.4 Å². The highest BCUT2D eigenvalue weighted by atomic mass is 15.2.